The van der Waals surface area contributed by atoms with Crippen molar-refractivity contribution in [3.05, 3.63) is 60.7 Å². The number of hydrogen-bond donors (Lipinski definition) is 1. The smallest absolute Gasteiger partial charge is 0.261 e. The molecule has 5 nitrogen and oxygen atoms in total. The van der Waals surface area contributed by atoms with Crippen molar-refractivity contribution in [3.63, 3.8) is 0 Å². The van der Waals surface area contributed by atoms with Crippen molar-refractivity contribution >= 4 is 26.5 Å². The maximum absolute atomic E-state index is 12.6. The first-order valence-corrected chi connectivity index (χ1v) is 8.51. The number of hydrogen-bond acceptors (Lipinski definition) is 4. The molecule has 0 aromatic heterocycles. The average molecular weight is 327 g/mol. The molecule has 0 atom stereocenters. The van der Waals surface area contributed by atoms with Crippen LogP contribution in [-0.2, 0) is 10.0 Å². The Kier molecular flexibility index (Phi) is 3.12. The van der Waals surface area contributed by atoms with Crippen LogP contribution < -0.4 is 14.2 Å². The van der Waals surface area contributed by atoms with E-state index in [9.17, 15) is 8.42 Å². The van der Waals surface area contributed by atoms with E-state index in [1.807, 2.05) is 24.3 Å². The van der Waals surface area contributed by atoms with Crippen LogP contribution in [-0.4, -0.2) is 15.2 Å². The number of nitrogens with one attached hydrogen (secondary N) is 1. The van der Waals surface area contributed by atoms with Gasteiger partial charge in [-0.15, -0.1) is 0 Å². The minimum absolute atomic E-state index is 0.149. The fourth-order valence-corrected chi connectivity index (χ4v) is 3.59. The van der Waals surface area contributed by atoms with Crippen LogP contribution in [0.4, 0.5) is 5.69 Å². The number of benzene rings is 3. The summed E-state index contributed by atoms with van der Waals surface area (Å²) in [6.07, 6.45) is 0. The molecule has 3 aromatic carbocycles. The summed E-state index contributed by atoms with van der Waals surface area (Å²) >= 11 is 0. The Labute approximate surface area is 133 Å². The van der Waals surface area contributed by atoms with E-state index in [0.717, 1.165) is 10.8 Å². The molecular weight excluding hydrogens is 314 g/mol. The number of rotatable bonds is 3. The summed E-state index contributed by atoms with van der Waals surface area (Å²) in [6, 6.07) is 17.6. The molecule has 1 N–H and O–H groups in total. The SMILES string of the molecule is O=S(=O)(Nc1ccc2c(c1)OCO2)c1ccc2ccccc2c1. The molecule has 0 amide bonds. The molecule has 0 fully saturated rings. The molecule has 3 aromatic rings. The summed E-state index contributed by atoms with van der Waals surface area (Å²) in [4.78, 5) is 0.217. The van der Waals surface area contributed by atoms with Gasteiger partial charge in [-0.2, -0.15) is 0 Å². The summed E-state index contributed by atoms with van der Waals surface area (Å²) in [5.74, 6) is 1.14. The summed E-state index contributed by atoms with van der Waals surface area (Å²) in [5.41, 5.74) is 0.433. The summed E-state index contributed by atoms with van der Waals surface area (Å²) in [7, 11) is -3.67. The van der Waals surface area contributed by atoms with Crippen molar-refractivity contribution in [1.82, 2.24) is 0 Å². The summed E-state index contributed by atoms with van der Waals surface area (Å²) in [5, 5.41) is 1.87. The van der Waals surface area contributed by atoms with Gasteiger partial charge < -0.3 is 9.47 Å². The van der Waals surface area contributed by atoms with Gasteiger partial charge in [-0.1, -0.05) is 30.3 Å². The highest BCUT2D eigenvalue weighted by Gasteiger charge is 2.18. The third-order valence-corrected chi connectivity index (χ3v) is 5.03. The first-order chi connectivity index (χ1) is 11.1. The van der Waals surface area contributed by atoms with Crippen LogP contribution >= 0.6 is 0 Å². The zero-order valence-electron chi connectivity index (χ0n) is 12.0. The van der Waals surface area contributed by atoms with Crippen molar-refractivity contribution in [2.45, 2.75) is 4.90 Å². The first-order valence-electron chi connectivity index (χ1n) is 7.03. The van der Waals surface area contributed by atoms with Crippen molar-refractivity contribution in [2.24, 2.45) is 0 Å². The second-order valence-electron chi connectivity index (χ2n) is 5.18. The fraction of sp³-hybridized carbons (Fsp3) is 0.0588. The van der Waals surface area contributed by atoms with Gasteiger partial charge in [0.1, 0.15) is 0 Å². The second-order valence-corrected chi connectivity index (χ2v) is 6.86. The molecule has 1 aliphatic rings. The van der Waals surface area contributed by atoms with Gasteiger partial charge in [-0.3, -0.25) is 4.72 Å². The lowest BCUT2D eigenvalue weighted by atomic mass is 10.1. The van der Waals surface area contributed by atoms with E-state index >= 15 is 0 Å². The van der Waals surface area contributed by atoms with Crippen LogP contribution in [0.2, 0.25) is 0 Å². The van der Waals surface area contributed by atoms with E-state index in [2.05, 4.69) is 4.72 Å². The summed E-state index contributed by atoms with van der Waals surface area (Å²) < 4.78 is 38.2. The molecule has 0 bridgehead atoms. The Morgan fingerprint density at radius 3 is 2.48 bits per heavy atom. The highest BCUT2D eigenvalue weighted by atomic mass is 32.2. The quantitative estimate of drug-likeness (QED) is 0.801. The van der Waals surface area contributed by atoms with Crippen LogP contribution in [0.15, 0.2) is 65.6 Å². The molecule has 0 spiro atoms. The lowest BCUT2D eigenvalue weighted by Crippen LogP contribution is -2.12. The predicted octanol–water partition coefficient (Wildman–Crippen LogP) is 3.37. The third-order valence-electron chi connectivity index (χ3n) is 3.66. The second kappa shape index (κ2) is 5.17. The van der Waals surface area contributed by atoms with Crippen molar-refractivity contribution in [3.8, 4) is 11.5 Å². The molecule has 6 heteroatoms. The zero-order valence-corrected chi connectivity index (χ0v) is 12.8. The fourth-order valence-electron chi connectivity index (χ4n) is 2.51. The molecule has 1 aliphatic heterocycles. The molecule has 0 radical (unpaired) electrons. The third kappa shape index (κ3) is 2.57. The summed E-state index contributed by atoms with van der Waals surface area (Å²) in [6.45, 7) is 0.149. The molecule has 4 rings (SSSR count). The largest absolute Gasteiger partial charge is 0.454 e. The van der Waals surface area contributed by atoms with E-state index in [0.29, 0.717) is 17.2 Å². The van der Waals surface area contributed by atoms with Crippen molar-refractivity contribution < 1.29 is 17.9 Å². The number of fused-ring (bicyclic) bond motifs is 2. The van der Waals surface area contributed by atoms with Crippen LogP contribution in [0.3, 0.4) is 0 Å². The molecule has 0 unspecified atom stereocenters. The Morgan fingerprint density at radius 1 is 0.826 bits per heavy atom. The van der Waals surface area contributed by atoms with Gasteiger partial charge >= 0.3 is 0 Å². The van der Waals surface area contributed by atoms with Crippen LogP contribution in [0.5, 0.6) is 11.5 Å². The topological polar surface area (TPSA) is 64.6 Å². The van der Waals surface area contributed by atoms with Crippen molar-refractivity contribution in [2.75, 3.05) is 11.5 Å². The average Bonchev–Trinajstić information content (AvgIpc) is 3.01. The first kappa shape index (κ1) is 13.9. The Balaban J connectivity index is 1.68. The number of anilines is 1. The van der Waals surface area contributed by atoms with Gasteiger partial charge in [0, 0.05) is 6.07 Å². The Bertz CT molecular complexity index is 998. The van der Waals surface area contributed by atoms with Gasteiger partial charge in [-0.05, 0) is 35.0 Å². The monoisotopic (exact) mass is 327 g/mol. The molecule has 0 aliphatic carbocycles. The van der Waals surface area contributed by atoms with Gasteiger partial charge in [-0.25, -0.2) is 8.42 Å². The normalized spacial score (nSPS) is 13.2. The lowest BCUT2D eigenvalue weighted by Gasteiger charge is -2.09. The van der Waals surface area contributed by atoms with Gasteiger partial charge in [0.15, 0.2) is 11.5 Å². The Morgan fingerprint density at radius 2 is 1.61 bits per heavy atom. The predicted molar refractivity (Wildman–Crippen MR) is 87.3 cm³/mol. The highest BCUT2D eigenvalue weighted by Crippen LogP contribution is 2.34. The van der Waals surface area contributed by atoms with E-state index in [1.54, 1.807) is 36.4 Å². The zero-order chi connectivity index (χ0) is 15.9. The van der Waals surface area contributed by atoms with Gasteiger partial charge in [0.05, 0.1) is 10.6 Å². The van der Waals surface area contributed by atoms with Crippen LogP contribution in [0, 0.1) is 0 Å². The van der Waals surface area contributed by atoms with Crippen LogP contribution in [0.1, 0.15) is 0 Å². The van der Waals surface area contributed by atoms with E-state index in [-0.39, 0.29) is 11.7 Å². The van der Waals surface area contributed by atoms with Crippen molar-refractivity contribution in [1.29, 1.82) is 0 Å². The molecule has 116 valence electrons. The van der Waals surface area contributed by atoms with E-state index in [1.165, 1.54) is 0 Å². The van der Waals surface area contributed by atoms with Crippen LogP contribution in [0.25, 0.3) is 10.8 Å². The van der Waals surface area contributed by atoms with Gasteiger partial charge in [0.25, 0.3) is 10.0 Å². The van der Waals surface area contributed by atoms with Gasteiger partial charge in [0.2, 0.25) is 6.79 Å². The number of ether oxygens (including phenoxy) is 2. The lowest BCUT2D eigenvalue weighted by molar-refractivity contribution is 0.174. The minimum Gasteiger partial charge on any atom is -0.454 e. The number of sulfonamides is 1. The maximum atomic E-state index is 12.6. The molecule has 0 saturated carbocycles. The standard InChI is InChI=1S/C17H13NO4S/c19-23(20,15-7-5-12-3-1-2-4-13(12)9-15)18-14-6-8-16-17(10-14)22-11-21-16/h1-10,18H,11H2. The molecular formula is C17H13NO4S. The molecule has 23 heavy (non-hydrogen) atoms. The molecule has 1 heterocycles. The maximum Gasteiger partial charge on any atom is 0.261 e. The highest BCUT2D eigenvalue weighted by molar-refractivity contribution is 7.92. The minimum atomic E-state index is -3.67. The Hall–Kier alpha value is -2.73. The molecule has 0 saturated heterocycles. The van der Waals surface area contributed by atoms with E-state index in [4.69, 9.17) is 9.47 Å². The van der Waals surface area contributed by atoms with E-state index < -0.39 is 10.0 Å².